The quantitative estimate of drug-likeness (QED) is 0.628. The number of carboxylic acid groups (broad SMARTS) is 1. The van der Waals surface area contributed by atoms with Gasteiger partial charge in [-0.2, -0.15) is 0 Å². The fraction of sp³-hybridized carbons (Fsp3) is 0. The number of halogens is 3. The van der Waals surface area contributed by atoms with E-state index in [9.17, 15) is 18.7 Å². The average molecular weight is 416 g/mol. The molecule has 1 aromatic carbocycles. The molecule has 22 heavy (non-hydrogen) atoms. The van der Waals surface area contributed by atoms with Crippen LogP contribution < -0.4 is 5.32 Å². The first-order valence-electron chi connectivity index (χ1n) is 5.98. The third-order valence-electron chi connectivity index (χ3n) is 2.94. The summed E-state index contributed by atoms with van der Waals surface area (Å²) in [6, 6.07) is 3.73. The van der Waals surface area contributed by atoms with E-state index in [0.29, 0.717) is 8.96 Å². The molecule has 0 radical (unpaired) electrons. The lowest BCUT2D eigenvalue weighted by atomic mass is 10.2. The minimum absolute atomic E-state index is 0.0467. The number of aromatic nitrogens is 1. The Labute approximate surface area is 136 Å². The minimum atomic E-state index is -1.36. The molecule has 2 aromatic heterocycles. The zero-order chi connectivity index (χ0) is 15.9. The number of benzene rings is 1. The highest BCUT2D eigenvalue weighted by molar-refractivity contribution is 14.1. The van der Waals surface area contributed by atoms with Gasteiger partial charge in [-0.05, 0) is 40.8 Å². The molecule has 8 heteroatoms. The van der Waals surface area contributed by atoms with Gasteiger partial charge in [0.1, 0.15) is 17.0 Å². The average Bonchev–Trinajstić information content (AvgIpc) is 2.81. The molecule has 0 amide bonds. The molecule has 0 bridgehead atoms. The highest BCUT2D eigenvalue weighted by atomic mass is 127. The van der Waals surface area contributed by atoms with Crippen molar-refractivity contribution >= 4 is 50.9 Å². The van der Waals surface area contributed by atoms with Gasteiger partial charge in [-0.25, -0.2) is 13.6 Å². The number of carbonyl (C=O) groups is 1. The van der Waals surface area contributed by atoms with E-state index in [4.69, 9.17) is 4.42 Å². The van der Waals surface area contributed by atoms with E-state index in [1.54, 1.807) is 22.6 Å². The fourth-order valence-corrected chi connectivity index (χ4v) is 2.55. The number of anilines is 2. The number of furan rings is 1. The monoisotopic (exact) mass is 416 g/mol. The summed E-state index contributed by atoms with van der Waals surface area (Å²) in [5.74, 6) is -3.47. The first-order valence-corrected chi connectivity index (χ1v) is 7.06. The Balaban J connectivity index is 2.19. The maximum Gasteiger partial charge on any atom is 0.374 e. The van der Waals surface area contributed by atoms with Crippen LogP contribution in [0.15, 0.2) is 35.0 Å². The maximum absolute atomic E-state index is 13.9. The van der Waals surface area contributed by atoms with Crippen LogP contribution in [0.3, 0.4) is 0 Å². The molecule has 0 aliphatic carbocycles. The zero-order valence-corrected chi connectivity index (χ0v) is 12.9. The van der Waals surface area contributed by atoms with Gasteiger partial charge in [0.2, 0.25) is 5.76 Å². The lowest BCUT2D eigenvalue weighted by Crippen LogP contribution is -2.03. The molecular weight excluding hydrogens is 409 g/mol. The van der Waals surface area contributed by atoms with Crippen LogP contribution in [0.1, 0.15) is 10.6 Å². The van der Waals surface area contributed by atoms with Gasteiger partial charge in [-0.1, -0.05) is 0 Å². The minimum Gasteiger partial charge on any atom is -0.475 e. The second-order valence-corrected chi connectivity index (χ2v) is 5.60. The molecule has 0 fully saturated rings. The Morgan fingerprint density at radius 3 is 2.59 bits per heavy atom. The van der Waals surface area contributed by atoms with Gasteiger partial charge in [-0.15, -0.1) is 0 Å². The summed E-state index contributed by atoms with van der Waals surface area (Å²) in [5.41, 5.74) is -0.245. The summed E-state index contributed by atoms with van der Waals surface area (Å²) in [4.78, 5) is 15.1. The molecule has 0 spiro atoms. The summed E-state index contributed by atoms with van der Waals surface area (Å²) in [7, 11) is 0. The molecule has 3 rings (SSSR count). The Morgan fingerprint density at radius 1 is 1.27 bits per heavy atom. The summed E-state index contributed by atoms with van der Waals surface area (Å²) in [6.07, 6.45) is 2.78. The van der Waals surface area contributed by atoms with Gasteiger partial charge in [-0.3, -0.25) is 4.98 Å². The smallest absolute Gasteiger partial charge is 0.374 e. The molecule has 2 N–H and O–H groups in total. The van der Waals surface area contributed by atoms with Gasteiger partial charge in [0.25, 0.3) is 0 Å². The van der Waals surface area contributed by atoms with Crippen molar-refractivity contribution in [3.63, 3.8) is 0 Å². The van der Waals surface area contributed by atoms with Gasteiger partial charge in [0.15, 0.2) is 11.6 Å². The molecular formula is C14H7F2IN2O3. The van der Waals surface area contributed by atoms with Crippen molar-refractivity contribution in [2.75, 3.05) is 5.32 Å². The Kier molecular flexibility index (Phi) is 3.69. The number of hydrogen-bond acceptors (Lipinski definition) is 4. The third kappa shape index (κ3) is 2.49. The second kappa shape index (κ2) is 5.52. The number of nitrogens with one attached hydrogen (secondary N) is 1. The van der Waals surface area contributed by atoms with Crippen LogP contribution in [-0.4, -0.2) is 16.1 Å². The largest absolute Gasteiger partial charge is 0.475 e. The van der Waals surface area contributed by atoms with Crippen molar-refractivity contribution in [2.45, 2.75) is 0 Å². The maximum atomic E-state index is 13.9. The van der Waals surface area contributed by atoms with Gasteiger partial charge in [0.05, 0.1) is 5.39 Å². The molecule has 112 valence electrons. The van der Waals surface area contributed by atoms with E-state index in [1.807, 2.05) is 0 Å². The first kappa shape index (κ1) is 14.7. The summed E-state index contributed by atoms with van der Waals surface area (Å²) in [5, 5.41) is 12.0. The van der Waals surface area contributed by atoms with Crippen molar-refractivity contribution in [1.82, 2.24) is 4.98 Å². The van der Waals surface area contributed by atoms with E-state index in [1.165, 1.54) is 18.5 Å². The van der Waals surface area contributed by atoms with Crippen molar-refractivity contribution in [3.05, 3.63) is 51.6 Å². The Bertz CT molecular complexity index is 872. The van der Waals surface area contributed by atoms with E-state index >= 15 is 0 Å². The van der Waals surface area contributed by atoms with E-state index in [2.05, 4.69) is 10.3 Å². The van der Waals surface area contributed by atoms with Crippen LogP contribution >= 0.6 is 22.6 Å². The summed E-state index contributed by atoms with van der Waals surface area (Å²) < 4.78 is 33.4. The normalized spacial score (nSPS) is 10.9. The molecule has 0 aliphatic rings. The number of carboxylic acids is 1. The van der Waals surface area contributed by atoms with E-state index in [0.717, 1.165) is 12.1 Å². The third-order valence-corrected chi connectivity index (χ3v) is 3.56. The number of fused-ring (bicyclic) bond motifs is 1. The molecule has 0 aliphatic heterocycles. The molecule has 0 atom stereocenters. The first-order chi connectivity index (χ1) is 10.5. The molecule has 2 heterocycles. The molecule has 5 nitrogen and oxygen atoms in total. The fourth-order valence-electron chi connectivity index (χ4n) is 2.00. The SMILES string of the molecule is O=C(O)c1oc2ccncc2c1Nc1c(F)cc(I)cc1F. The predicted octanol–water partition coefficient (Wildman–Crippen LogP) is 4.15. The van der Waals surface area contributed by atoms with Crippen LogP contribution in [0.5, 0.6) is 0 Å². The number of rotatable bonds is 3. The number of nitrogens with zero attached hydrogens (tertiary/aromatic N) is 1. The van der Waals surface area contributed by atoms with Crippen LogP contribution in [0.2, 0.25) is 0 Å². The van der Waals surface area contributed by atoms with Gasteiger partial charge < -0.3 is 14.8 Å². The van der Waals surface area contributed by atoms with Gasteiger partial charge in [0, 0.05) is 16.0 Å². The number of aromatic carboxylic acids is 1. The van der Waals surface area contributed by atoms with Crippen LogP contribution in [-0.2, 0) is 0 Å². The topological polar surface area (TPSA) is 75.4 Å². The van der Waals surface area contributed by atoms with Crippen LogP contribution in [0.4, 0.5) is 20.2 Å². The zero-order valence-electron chi connectivity index (χ0n) is 10.7. The van der Waals surface area contributed by atoms with E-state index < -0.39 is 29.1 Å². The van der Waals surface area contributed by atoms with E-state index in [-0.39, 0.29) is 11.3 Å². The van der Waals surface area contributed by atoms with Crippen molar-refractivity contribution < 1.29 is 23.1 Å². The molecule has 0 unspecified atom stereocenters. The lowest BCUT2D eigenvalue weighted by molar-refractivity contribution is 0.0666. The molecule has 0 saturated heterocycles. The lowest BCUT2D eigenvalue weighted by Gasteiger charge is -2.08. The second-order valence-electron chi connectivity index (χ2n) is 4.35. The van der Waals surface area contributed by atoms with Crippen molar-refractivity contribution in [1.29, 1.82) is 0 Å². The van der Waals surface area contributed by atoms with Crippen LogP contribution in [0, 0.1) is 15.2 Å². The predicted molar refractivity (Wildman–Crippen MR) is 83.3 cm³/mol. The van der Waals surface area contributed by atoms with Gasteiger partial charge >= 0.3 is 5.97 Å². The van der Waals surface area contributed by atoms with Crippen molar-refractivity contribution in [3.8, 4) is 0 Å². The number of hydrogen-bond donors (Lipinski definition) is 2. The molecule has 0 saturated carbocycles. The number of pyridine rings is 1. The highest BCUT2D eigenvalue weighted by Crippen LogP contribution is 2.34. The van der Waals surface area contributed by atoms with Crippen LogP contribution in [0.25, 0.3) is 11.0 Å². The Morgan fingerprint density at radius 2 is 1.95 bits per heavy atom. The molecule has 3 aromatic rings. The van der Waals surface area contributed by atoms with Crippen molar-refractivity contribution in [2.24, 2.45) is 0 Å². The standard InChI is InChI=1S/C14H7F2IN2O3/c15-8-3-6(17)4-9(16)12(8)19-11-7-5-18-2-1-10(7)22-13(11)14(20)21/h1-5,19H,(H,20,21). The Hall–Kier alpha value is -2.23. The summed E-state index contributed by atoms with van der Waals surface area (Å²) in [6.45, 7) is 0. The highest BCUT2D eigenvalue weighted by Gasteiger charge is 2.22. The summed E-state index contributed by atoms with van der Waals surface area (Å²) >= 11 is 1.78.